The van der Waals surface area contributed by atoms with Crippen LogP contribution in [-0.2, 0) is 0 Å². The summed E-state index contributed by atoms with van der Waals surface area (Å²) in [6.45, 7) is 2.13. The number of carbonyl (C=O) groups excluding carboxylic acids is 1. The van der Waals surface area contributed by atoms with Gasteiger partial charge in [-0.15, -0.1) is 0 Å². The number of para-hydroxylation sites is 2. The van der Waals surface area contributed by atoms with Gasteiger partial charge in [0, 0.05) is 6.04 Å². The lowest BCUT2D eigenvalue weighted by Crippen LogP contribution is -2.42. The number of rotatable bonds is 4. The van der Waals surface area contributed by atoms with E-state index in [4.69, 9.17) is 4.74 Å². The Kier molecular flexibility index (Phi) is 4.04. The Balaban J connectivity index is 1.56. The Morgan fingerprint density at radius 3 is 2.76 bits per heavy atom. The van der Waals surface area contributed by atoms with Crippen LogP contribution in [0.3, 0.4) is 0 Å². The monoisotopic (exact) mass is 288 g/mol. The topological polar surface area (TPSA) is 50.4 Å². The lowest BCUT2D eigenvalue weighted by Gasteiger charge is -2.28. The summed E-state index contributed by atoms with van der Waals surface area (Å²) in [5.41, 5.74) is 0.706. The van der Waals surface area contributed by atoms with Crippen molar-refractivity contribution in [2.45, 2.75) is 38.6 Å². The zero-order valence-corrected chi connectivity index (χ0v) is 12.8. The van der Waals surface area contributed by atoms with E-state index in [2.05, 4.69) is 17.6 Å². The number of anilines is 1. The Labute approximate surface area is 126 Å². The van der Waals surface area contributed by atoms with Crippen LogP contribution in [0, 0.1) is 17.8 Å². The molecule has 0 unspecified atom stereocenters. The SMILES string of the molecule is COc1ccccc1NC(=O)N[C@@H](C)[C@H]1C[C@@H]2CC[C@@H]1C2. The Bertz CT molecular complexity index is 517. The third-order valence-corrected chi connectivity index (χ3v) is 5.15. The van der Waals surface area contributed by atoms with Crippen molar-refractivity contribution < 1.29 is 9.53 Å². The van der Waals surface area contributed by atoms with Gasteiger partial charge in [0.25, 0.3) is 0 Å². The summed E-state index contributed by atoms with van der Waals surface area (Å²) in [4.78, 5) is 12.2. The minimum Gasteiger partial charge on any atom is -0.495 e. The Hall–Kier alpha value is -1.71. The molecule has 2 aliphatic rings. The highest BCUT2D eigenvalue weighted by Crippen LogP contribution is 2.49. The summed E-state index contributed by atoms with van der Waals surface area (Å²) in [6.07, 6.45) is 5.38. The molecule has 4 heteroatoms. The molecule has 0 aromatic heterocycles. The first-order valence-electron chi connectivity index (χ1n) is 7.88. The fourth-order valence-corrected chi connectivity index (χ4v) is 4.13. The molecule has 2 N–H and O–H groups in total. The number of methoxy groups -OCH3 is 1. The fraction of sp³-hybridized carbons (Fsp3) is 0.588. The smallest absolute Gasteiger partial charge is 0.319 e. The summed E-state index contributed by atoms with van der Waals surface area (Å²) in [6, 6.07) is 7.55. The summed E-state index contributed by atoms with van der Waals surface area (Å²) < 4.78 is 5.25. The lowest BCUT2D eigenvalue weighted by molar-refractivity contribution is 0.230. The quantitative estimate of drug-likeness (QED) is 0.888. The first-order chi connectivity index (χ1) is 10.2. The molecular formula is C17H24N2O2. The second kappa shape index (κ2) is 5.96. The van der Waals surface area contributed by atoms with Crippen molar-refractivity contribution in [3.8, 4) is 5.75 Å². The van der Waals surface area contributed by atoms with Crippen LogP contribution in [0.15, 0.2) is 24.3 Å². The number of amides is 2. The van der Waals surface area contributed by atoms with Gasteiger partial charge in [0.1, 0.15) is 5.75 Å². The van der Waals surface area contributed by atoms with E-state index >= 15 is 0 Å². The molecule has 0 radical (unpaired) electrons. The van der Waals surface area contributed by atoms with Crippen LogP contribution in [0.4, 0.5) is 10.5 Å². The van der Waals surface area contributed by atoms with Crippen LogP contribution in [0.25, 0.3) is 0 Å². The van der Waals surface area contributed by atoms with Gasteiger partial charge in [-0.25, -0.2) is 4.79 Å². The highest BCUT2D eigenvalue weighted by atomic mass is 16.5. The molecule has 21 heavy (non-hydrogen) atoms. The largest absolute Gasteiger partial charge is 0.495 e. The van der Waals surface area contributed by atoms with Gasteiger partial charge in [-0.1, -0.05) is 18.6 Å². The van der Waals surface area contributed by atoms with Gasteiger partial charge in [-0.2, -0.15) is 0 Å². The standard InChI is InChI=1S/C17H24N2O2/c1-11(14-10-12-7-8-13(14)9-12)18-17(20)19-15-5-3-4-6-16(15)21-2/h3-6,11-14H,7-10H2,1-2H3,(H2,18,19,20)/t11-,12+,13+,14+/m0/s1. The second-order valence-electron chi connectivity index (χ2n) is 6.43. The molecule has 4 atom stereocenters. The van der Waals surface area contributed by atoms with Crippen LogP contribution in [0.1, 0.15) is 32.6 Å². The first kappa shape index (κ1) is 14.2. The van der Waals surface area contributed by atoms with Crippen molar-refractivity contribution in [3.05, 3.63) is 24.3 Å². The van der Waals surface area contributed by atoms with Crippen molar-refractivity contribution in [1.29, 1.82) is 0 Å². The molecule has 0 aliphatic heterocycles. The average molecular weight is 288 g/mol. The summed E-state index contributed by atoms with van der Waals surface area (Å²) in [5, 5.41) is 5.99. The number of benzene rings is 1. The summed E-state index contributed by atoms with van der Waals surface area (Å²) in [7, 11) is 1.61. The van der Waals surface area contributed by atoms with E-state index in [1.165, 1.54) is 25.7 Å². The highest BCUT2D eigenvalue weighted by molar-refractivity contribution is 5.91. The average Bonchev–Trinajstić information content (AvgIpc) is 3.10. The third kappa shape index (κ3) is 2.99. The van der Waals surface area contributed by atoms with E-state index in [-0.39, 0.29) is 12.1 Å². The number of ether oxygens (including phenoxy) is 1. The summed E-state index contributed by atoms with van der Waals surface area (Å²) >= 11 is 0. The molecule has 2 bridgehead atoms. The van der Waals surface area contributed by atoms with Crippen molar-refractivity contribution in [2.75, 3.05) is 12.4 Å². The molecule has 4 nitrogen and oxygen atoms in total. The Morgan fingerprint density at radius 2 is 2.10 bits per heavy atom. The second-order valence-corrected chi connectivity index (χ2v) is 6.43. The zero-order chi connectivity index (χ0) is 14.8. The Morgan fingerprint density at radius 1 is 1.29 bits per heavy atom. The molecule has 114 valence electrons. The van der Waals surface area contributed by atoms with Gasteiger partial charge >= 0.3 is 6.03 Å². The number of fused-ring (bicyclic) bond motifs is 2. The number of urea groups is 1. The van der Waals surface area contributed by atoms with Crippen LogP contribution in [-0.4, -0.2) is 19.2 Å². The van der Waals surface area contributed by atoms with E-state index in [9.17, 15) is 4.79 Å². The van der Waals surface area contributed by atoms with Crippen molar-refractivity contribution in [1.82, 2.24) is 5.32 Å². The highest BCUT2D eigenvalue weighted by Gasteiger charge is 2.42. The third-order valence-electron chi connectivity index (χ3n) is 5.15. The molecular weight excluding hydrogens is 264 g/mol. The van der Waals surface area contributed by atoms with Crippen LogP contribution in [0.2, 0.25) is 0 Å². The predicted octanol–water partition coefficient (Wildman–Crippen LogP) is 3.64. The maximum absolute atomic E-state index is 12.2. The molecule has 0 heterocycles. The van der Waals surface area contributed by atoms with E-state index < -0.39 is 0 Å². The molecule has 2 fully saturated rings. The number of nitrogens with one attached hydrogen (secondary N) is 2. The first-order valence-corrected chi connectivity index (χ1v) is 7.88. The normalized spacial score (nSPS) is 28.2. The van der Waals surface area contributed by atoms with Gasteiger partial charge in [0.05, 0.1) is 12.8 Å². The summed E-state index contributed by atoms with van der Waals surface area (Å²) in [5.74, 6) is 3.05. The molecule has 1 aromatic rings. The number of carbonyl (C=O) groups is 1. The van der Waals surface area contributed by atoms with Crippen molar-refractivity contribution >= 4 is 11.7 Å². The molecule has 2 saturated carbocycles. The molecule has 2 aliphatic carbocycles. The fourth-order valence-electron chi connectivity index (χ4n) is 4.13. The van der Waals surface area contributed by atoms with Gasteiger partial charge in [-0.3, -0.25) is 0 Å². The van der Waals surface area contributed by atoms with Gasteiger partial charge in [-0.05, 0) is 56.1 Å². The van der Waals surface area contributed by atoms with Crippen LogP contribution in [0.5, 0.6) is 5.75 Å². The maximum Gasteiger partial charge on any atom is 0.319 e. The van der Waals surface area contributed by atoms with Gasteiger partial charge < -0.3 is 15.4 Å². The van der Waals surface area contributed by atoms with Crippen molar-refractivity contribution in [3.63, 3.8) is 0 Å². The molecule has 3 rings (SSSR count). The van der Waals surface area contributed by atoms with E-state index in [0.717, 1.165) is 11.8 Å². The molecule has 0 saturated heterocycles. The maximum atomic E-state index is 12.2. The minimum absolute atomic E-state index is 0.144. The predicted molar refractivity (Wildman–Crippen MR) is 83.5 cm³/mol. The van der Waals surface area contributed by atoms with E-state index in [0.29, 0.717) is 17.4 Å². The lowest BCUT2D eigenvalue weighted by atomic mass is 9.84. The van der Waals surface area contributed by atoms with Crippen LogP contribution < -0.4 is 15.4 Å². The van der Waals surface area contributed by atoms with Gasteiger partial charge in [0.2, 0.25) is 0 Å². The van der Waals surface area contributed by atoms with E-state index in [1.807, 2.05) is 24.3 Å². The number of hydrogen-bond donors (Lipinski definition) is 2. The van der Waals surface area contributed by atoms with Crippen LogP contribution >= 0.6 is 0 Å². The minimum atomic E-state index is -0.144. The molecule has 2 amide bonds. The molecule has 0 spiro atoms. The number of hydrogen-bond acceptors (Lipinski definition) is 2. The molecule has 1 aromatic carbocycles. The van der Waals surface area contributed by atoms with E-state index in [1.54, 1.807) is 7.11 Å². The van der Waals surface area contributed by atoms with Gasteiger partial charge in [0.15, 0.2) is 0 Å². The zero-order valence-electron chi connectivity index (χ0n) is 12.8. The van der Waals surface area contributed by atoms with Crippen molar-refractivity contribution in [2.24, 2.45) is 17.8 Å².